The van der Waals surface area contributed by atoms with Crippen LogP contribution in [0, 0.1) is 10.1 Å². The van der Waals surface area contributed by atoms with E-state index in [0.29, 0.717) is 5.75 Å². The summed E-state index contributed by atoms with van der Waals surface area (Å²) in [5.41, 5.74) is -0.138. The Kier molecular flexibility index (Phi) is 7.13. The second-order valence-corrected chi connectivity index (χ2v) is 6.69. The van der Waals surface area contributed by atoms with Gasteiger partial charge in [0.15, 0.2) is 0 Å². The molecule has 2 aromatic carbocycles. The van der Waals surface area contributed by atoms with E-state index in [1.54, 1.807) is 30.3 Å². The summed E-state index contributed by atoms with van der Waals surface area (Å²) in [4.78, 5) is 10.2. The molecular weight excluding hydrogens is 418 g/mol. The summed E-state index contributed by atoms with van der Waals surface area (Å²) < 4.78 is 21.6. The van der Waals surface area contributed by atoms with Gasteiger partial charge in [0.2, 0.25) is 6.29 Å². The molecule has 1 saturated heterocycles. The van der Waals surface area contributed by atoms with Crippen LogP contribution in [0.5, 0.6) is 11.5 Å². The van der Waals surface area contributed by atoms with Crippen molar-refractivity contribution in [1.29, 1.82) is 0 Å². The van der Waals surface area contributed by atoms with Crippen molar-refractivity contribution in [3.8, 4) is 11.5 Å². The van der Waals surface area contributed by atoms with Crippen molar-refractivity contribution in [2.24, 2.45) is 0 Å². The van der Waals surface area contributed by atoms with Crippen LogP contribution in [-0.4, -0.2) is 62.8 Å². The molecule has 5 atom stereocenters. The van der Waals surface area contributed by atoms with Gasteiger partial charge in [-0.1, -0.05) is 18.2 Å². The predicted octanol–water partition coefficient (Wildman–Crippen LogP) is 1.16. The lowest BCUT2D eigenvalue weighted by molar-refractivity contribution is -0.384. The molecule has 160 valence electrons. The van der Waals surface area contributed by atoms with Crippen LogP contribution in [-0.2, 0) is 9.47 Å². The SMILES string of the molecule is O=[N+]([O-])c1ccc(O[C@@H]2O[C@H](COC(=S)Oc3ccccc3)[C@@H](O)[C@H](O)[C@H]2O)cc1. The summed E-state index contributed by atoms with van der Waals surface area (Å²) in [7, 11) is 0. The molecule has 0 amide bonds. The number of ether oxygens (including phenoxy) is 4. The Balaban J connectivity index is 1.59. The highest BCUT2D eigenvalue weighted by Crippen LogP contribution is 2.26. The number of hydrogen-bond donors (Lipinski definition) is 3. The third-order valence-corrected chi connectivity index (χ3v) is 4.48. The van der Waals surface area contributed by atoms with Crippen LogP contribution in [0.25, 0.3) is 0 Å². The molecule has 30 heavy (non-hydrogen) atoms. The first kappa shape index (κ1) is 21.9. The third kappa shape index (κ3) is 5.40. The molecule has 0 bridgehead atoms. The van der Waals surface area contributed by atoms with E-state index < -0.39 is 35.6 Å². The normalized spacial score (nSPS) is 25.9. The minimum Gasteiger partial charge on any atom is -0.462 e. The summed E-state index contributed by atoms with van der Waals surface area (Å²) in [6.45, 7) is -0.281. The summed E-state index contributed by atoms with van der Waals surface area (Å²) in [6, 6.07) is 13.7. The Labute approximate surface area is 176 Å². The van der Waals surface area contributed by atoms with Crippen molar-refractivity contribution < 1.29 is 39.2 Å². The number of thiocarbonyl (C=S) groups is 1. The number of rotatable bonds is 6. The average Bonchev–Trinajstić information content (AvgIpc) is 2.74. The highest BCUT2D eigenvalue weighted by Gasteiger charge is 2.45. The van der Waals surface area contributed by atoms with E-state index >= 15 is 0 Å². The maximum absolute atomic E-state index is 10.7. The standard InChI is InChI=1S/C19H19NO9S/c21-15-14(10-26-19(30)28-12-4-2-1-3-5-12)29-18(17(23)16(15)22)27-13-8-6-11(7-9-13)20(24)25/h1-9,14-18,21-23H,10H2/t14-,15-,16+,17-,18-/m1/s1. The fourth-order valence-electron chi connectivity index (χ4n) is 2.70. The molecular formula is C19H19NO9S. The molecule has 3 N–H and O–H groups in total. The number of nitrogens with zero attached hydrogens (tertiary/aromatic N) is 1. The van der Waals surface area contributed by atoms with E-state index in [1.807, 2.05) is 0 Å². The highest BCUT2D eigenvalue weighted by atomic mass is 32.1. The molecule has 0 aliphatic carbocycles. The van der Waals surface area contributed by atoms with Gasteiger partial charge in [0.25, 0.3) is 5.69 Å². The van der Waals surface area contributed by atoms with Crippen LogP contribution in [0.2, 0.25) is 0 Å². The van der Waals surface area contributed by atoms with E-state index in [0.717, 1.165) is 0 Å². The number of aliphatic hydroxyl groups excluding tert-OH is 3. The molecule has 0 spiro atoms. The zero-order valence-corrected chi connectivity index (χ0v) is 16.3. The number of para-hydroxylation sites is 1. The second kappa shape index (κ2) is 9.78. The molecule has 0 unspecified atom stereocenters. The van der Waals surface area contributed by atoms with E-state index in [-0.39, 0.29) is 23.3 Å². The van der Waals surface area contributed by atoms with Gasteiger partial charge in [0.05, 0.1) is 4.92 Å². The first-order valence-corrected chi connectivity index (χ1v) is 9.26. The van der Waals surface area contributed by atoms with Gasteiger partial charge in [-0.2, -0.15) is 0 Å². The molecule has 1 heterocycles. The lowest BCUT2D eigenvalue weighted by Gasteiger charge is -2.39. The average molecular weight is 437 g/mol. The number of nitro benzene ring substituents is 1. The quantitative estimate of drug-likeness (QED) is 0.342. The minimum absolute atomic E-state index is 0.138. The third-order valence-electron chi connectivity index (χ3n) is 4.28. The van der Waals surface area contributed by atoms with Crippen molar-refractivity contribution in [2.45, 2.75) is 30.7 Å². The van der Waals surface area contributed by atoms with Crippen LogP contribution < -0.4 is 9.47 Å². The Morgan fingerprint density at radius 2 is 1.67 bits per heavy atom. The Morgan fingerprint density at radius 1 is 1.00 bits per heavy atom. The maximum atomic E-state index is 10.7. The smallest absolute Gasteiger partial charge is 0.357 e. The van der Waals surface area contributed by atoms with E-state index in [4.69, 9.17) is 31.2 Å². The van der Waals surface area contributed by atoms with Crippen molar-refractivity contribution in [3.63, 3.8) is 0 Å². The minimum atomic E-state index is -1.58. The lowest BCUT2D eigenvalue weighted by Crippen LogP contribution is -2.60. The Morgan fingerprint density at radius 3 is 2.30 bits per heavy atom. The van der Waals surface area contributed by atoms with Crippen molar-refractivity contribution in [2.75, 3.05) is 6.61 Å². The van der Waals surface area contributed by atoms with Gasteiger partial charge in [-0.05, 0) is 24.3 Å². The molecule has 3 rings (SSSR count). The van der Waals surface area contributed by atoms with Gasteiger partial charge in [-0.3, -0.25) is 10.1 Å². The van der Waals surface area contributed by atoms with Gasteiger partial charge in [-0.25, -0.2) is 0 Å². The molecule has 0 aromatic heterocycles. The van der Waals surface area contributed by atoms with Crippen molar-refractivity contribution >= 4 is 23.1 Å². The van der Waals surface area contributed by atoms with E-state index in [9.17, 15) is 25.4 Å². The first-order chi connectivity index (χ1) is 14.3. The Hall–Kier alpha value is -2.83. The molecule has 2 aromatic rings. The zero-order chi connectivity index (χ0) is 21.7. The number of nitro groups is 1. The number of aliphatic hydroxyl groups is 3. The predicted molar refractivity (Wildman–Crippen MR) is 106 cm³/mol. The molecule has 1 fully saturated rings. The van der Waals surface area contributed by atoms with Crippen molar-refractivity contribution in [3.05, 3.63) is 64.7 Å². The van der Waals surface area contributed by atoms with E-state index in [2.05, 4.69) is 0 Å². The number of benzene rings is 2. The Bertz CT molecular complexity index is 864. The van der Waals surface area contributed by atoms with Crippen molar-refractivity contribution in [1.82, 2.24) is 0 Å². The summed E-state index contributed by atoms with van der Waals surface area (Å²) >= 11 is 4.98. The number of non-ortho nitro benzene ring substituents is 1. The molecule has 11 heteroatoms. The zero-order valence-electron chi connectivity index (χ0n) is 15.4. The first-order valence-electron chi connectivity index (χ1n) is 8.85. The summed E-state index contributed by atoms with van der Waals surface area (Å²) in [5.74, 6) is 0.623. The lowest BCUT2D eigenvalue weighted by atomic mass is 9.99. The fourth-order valence-corrected chi connectivity index (χ4v) is 2.86. The molecule has 1 aliphatic heterocycles. The molecule has 10 nitrogen and oxygen atoms in total. The van der Waals surface area contributed by atoms with Gasteiger partial charge in [0.1, 0.15) is 42.5 Å². The summed E-state index contributed by atoms with van der Waals surface area (Å²) in [6.07, 6.45) is -7.08. The van der Waals surface area contributed by atoms with Crippen LogP contribution in [0.1, 0.15) is 0 Å². The summed E-state index contributed by atoms with van der Waals surface area (Å²) in [5, 5.41) is 40.9. The number of hydrogen-bond acceptors (Lipinski definition) is 10. The topological polar surface area (TPSA) is 141 Å². The van der Waals surface area contributed by atoms with Gasteiger partial charge >= 0.3 is 5.24 Å². The monoisotopic (exact) mass is 437 g/mol. The van der Waals surface area contributed by atoms with Crippen LogP contribution in [0.15, 0.2) is 54.6 Å². The second-order valence-electron chi connectivity index (χ2n) is 6.36. The highest BCUT2D eigenvalue weighted by molar-refractivity contribution is 7.79. The van der Waals surface area contributed by atoms with Crippen LogP contribution >= 0.6 is 12.2 Å². The van der Waals surface area contributed by atoms with Gasteiger partial charge < -0.3 is 34.3 Å². The fraction of sp³-hybridized carbons (Fsp3) is 0.316. The molecule has 1 aliphatic rings. The van der Waals surface area contributed by atoms with Crippen LogP contribution in [0.3, 0.4) is 0 Å². The molecule has 0 saturated carbocycles. The van der Waals surface area contributed by atoms with E-state index in [1.165, 1.54) is 24.3 Å². The van der Waals surface area contributed by atoms with Gasteiger partial charge in [0, 0.05) is 24.4 Å². The largest absolute Gasteiger partial charge is 0.462 e. The van der Waals surface area contributed by atoms with Gasteiger partial charge in [-0.15, -0.1) is 0 Å². The maximum Gasteiger partial charge on any atom is 0.357 e. The molecule has 0 radical (unpaired) electrons. The van der Waals surface area contributed by atoms with Crippen LogP contribution in [0.4, 0.5) is 5.69 Å².